The van der Waals surface area contributed by atoms with E-state index in [0.717, 1.165) is 44.6 Å². The van der Waals surface area contributed by atoms with Crippen molar-refractivity contribution in [3.8, 4) is 0 Å². The predicted molar refractivity (Wildman–Crippen MR) is 134 cm³/mol. The molecule has 1 atom stereocenters. The number of hydrogen-bond donors (Lipinski definition) is 1. The van der Waals surface area contributed by atoms with Crippen molar-refractivity contribution in [2.75, 3.05) is 44.2 Å². The lowest BCUT2D eigenvalue weighted by molar-refractivity contribution is 0.0529. The summed E-state index contributed by atoms with van der Waals surface area (Å²) in [7, 11) is 0. The zero-order valence-corrected chi connectivity index (χ0v) is 20.9. The second-order valence-corrected chi connectivity index (χ2v) is 9.05. The number of rotatable bonds is 4. The lowest BCUT2D eigenvalue weighted by Gasteiger charge is -2.33. The van der Waals surface area contributed by atoms with E-state index in [1.807, 2.05) is 6.20 Å². The summed E-state index contributed by atoms with van der Waals surface area (Å²) in [4.78, 5) is 14.4. The van der Waals surface area contributed by atoms with Gasteiger partial charge in [-0.2, -0.15) is 0 Å². The highest BCUT2D eigenvalue weighted by Gasteiger charge is 2.39. The Balaban J connectivity index is 0.00000256. The average Bonchev–Trinajstić information content (AvgIpc) is 3.15. The normalized spacial score (nSPS) is 24.1. The predicted octanol–water partition coefficient (Wildman–Crippen LogP) is 4.05. The van der Waals surface area contributed by atoms with Crippen molar-refractivity contribution >= 4 is 35.8 Å². The molecule has 30 heavy (non-hydrogen) atoms. The van der Waals surface area contributed by atoms with Gasteiger partial charge < -0.3 is 19.9 Å². The van der Waals surface area contributed by atoms with E-state index in [1.165, 1.54) is 50.6 Å². The molecule has 1 N–H and O–H groups in total. The first kappa shape index (κ1) is 23.6. The number of halogens is 1. The van der Waals surface area contributed by atoms with Crippen LogP contribution in [0.4, 0.5) is 5.82 Å². The minimum atomic E-state index is 0. The zero-order valence-electron chi connectivity index (χ0n) is 18.6. The molecule has 6 nitrogen and oxygen atoms in total. The van der Waals surface area contributed by atoms with Crippen LogP contribution in [0, 0.1) is 5.41 Å². The standard InChI is InChI=1S/C23H37N5O.HI/c1-3-24-22(28-12-10-23(18-28)8-5-4-6-9-23)26-16-20-7-11-25-21(15-20)27-13-14-29-19(2)17-27;/h7,11,15,19H,3-6,8-10,12-14,16-18H2,1-2H3,(H,24,26);1H. The number of likely N-dealkylation sites (tertiary alicyclic amines) is 1. The molecular weight excluding hydrogens is 489 g/mol. The second kappa shape index (κ2) is 11.0. The molecule has 1 unspecified atom stereocenters. The first-order chi connectivity index (χ1) is 14.2. The third-order valence-corrected chi connectivity index (χ3v) is 6.77. The van der Waals surface area contributed by atoms with Crippen LogP contribution < -0.4 is 10.2 Å². The number of aliphatic imine (C=N–C) groups is 1. The molecular formula is C23H38IN5O. The number of morpholine rings is 1. The Bertz CT molecular complexity index is 707. The minimum Gasteiger partial charge on any atom is -0.375 e. The number of guanidine groups is 1. The van der Waals surface area contributed by atoms with Crippen LogP contribution in [0.1, 0.15) is 57.9 Å². The molecule has 1 aliphatic carbocycles. The van der Waals surface area contributed by atoms with Gasteiger partial charge in [0, 0.05) is 38.9 Å². The molecule has 1 aromatic heterocycles. The molecule has 3 aliphatic rings. The van der Waals surface area contributed by atoms with Gasteiger partial charge in [-0.3, -0.25) is 0 Å². The van der Waals surface area contributed by atoms with Crippen molar-refractivity contribution in [2.45, 2.75) is 65.0 Å². The molecule has 3 heterocycles. The molecule has 1 saturated carbocycles. The zero-order chi connectivity index (χ0) is 20.1. The van der Waals surface area contributed by atoms with E-state index in [4.69, 9.17) is 9.73 Å². The molecule has 2 aliphatic heterocycles. The van der Waals surface area contributed by atoms with Gasteiger partial charge >= 0.3 is 0 Å². The quantitative estimate of drug-likeness (QED) is 0.364. The third kappa shape index (κ3) is 5.78. The van der Waals surface area contributed by atoms with Crippen molar-refractivity contribution < 1.29 is 4.74 Å². The maximum absolute atomic E-state index is 5.66. The largest absolute Gasteiger partial charge is 0.375 e. The molecule has 0 aromatic carbocycles. The molecule has 7 heteroatoms. The molecule has 1 spiro atoms. The third-order valence-electron chi connectivity index (χ3n) is 6.77. The summed E-state index contributed by atoms with van der Waals surface area (Å²) < 4.78 is 5.66. The van der Waals surface area contributed by atoms with Gasteiger partial charge in [0.25, 0.3) is 0 Å². The summed E-state index contributed by atoms with van der Waals surface area (Å²) in [5.41, 5.74) is 1.77. The smallest absolute Gasteiger partial charge is 0.194 e. The van der Waals surface area contributed by atoms with E-state index in [2.05, 4.69) is 46.1 Å². The van der Waals surface area contributed by atoms with Crippen molar-refractivity contribution in [1.29, 1.82) is 0 Å². The fourth-order valence-corrected chi connectivity index (χ4v) is 5.18. The number of pyridine rings is 1. The molecule has 2 saturated heterocycles. The molecule has 4 rings (SSSR count). The van der Waals surface area contributed by atoms with Crippen LogP contribution in [0.2, 0.25) is 0 Å². The van der Waals surface area contributed by atoms with Gasteiger partial charge in [0.15, 0.2) is 5.96 Å². The van der Waals surface area contributed by atoms with E-state index in [1.54, 1.807) is 0 Å². The van der Waals surface area contributed by atoms with Crippen molar-refractivity contribution in [3.05, 3.63) is 23.9 Å². The Hall–Kier alpha value is -1.09. The number of hydrogen-bond acceptors (Lipinski definition) is 4. The van der Waals surface area contributed by atoms with Gasteiger partial charge in [-0.25, -0.2) is 9.98 Å². The van der Waals surface area contributed by atoms with E-state index in [-0.39, 0.29) is 30.1 Å². The Morgan fingerprint density at radius 3 is 2.87 bits per heavy atom. The van der Waals surface area contributed by atoms with Gasteiger partial charge in [-0.05, 0) is 56.2 Å². The summed E-state index contributed by atoms with van der Waals surface area (Å²) in [5.74, 6) is 2.12. The molecule has 3 fully saturated rings. The van der Waals surface area contributed by atoms with Gasteiger partial charge in [-0.1, -0.05) is 19.3 Å². The lowest BCUT2D eigenvalue weighted by Crippen LogP contribution is -2.41. The number of nitrogens with zero attached hydrogens (tertiary/aromatic N) is 4. The Kier molecular flexibility index (Phi) is 8.62. The Morgan fingerprint density at radius 2 is 2.10 bits per heavy atom. The van der Waals surface area contributed by atoms with Crippen LogP contribution in [0.5, 0.6) is 0 Å². The maximum atomic E-state index is 5.66. The van der Waals surface area contributed by atoms with Gasteiger partial charge in [0.2, 0.25) is 0 Å². The van der Waals surface area contributed by atoms with E-state index >= 15 is 0 Å². The van der Waals surface area contributed by atoms with Crippen molar-refractivity contribution in [1.82, 2.24) is 15.2 Å². The van der Waals surface area contributed by atoms with Crippen molar-refractivity contribution in [3.63, 3.8) is 0 Å². The van der Waals surface area contributed by atoms with E-state index < -0.39 is 0 Å². The van der Waals surface area contributed by atoms with Gasteiger partial charge in [-0.15, -0.1) is 24.0 Å². The lowest BCUT2D eigenvalue weighted by atomic mass is 9.73. The molecule has 0 amide bonds. The van der Waals surface area contributed by atoms with Gasteiger partial charge in [0.05, 0.1) is 19.3 Å². The summed E-state index contributed by atoms with van der Waals surface area (Å²) >= 11 is 0. The highest BCUT2D eigenvalue weighted by molar-refractivity contribution is 14.0. The molecule has 1 aromatic rings. The van der Waals surface area contributed by atoms with Crippen LogP contribution in [-0.4, -0.2) is 61.3 Å². The highest BCUT2D eigenvalue weighted by atomic mass is 127. The SMILES string of the molecule is CCNC(=NCc1ccnc(N2CCOC(C)C2)c1)N1CCC2(CCCCC2)C1.I. The highest BCUT2D eigenvalue weighted by Crippen LogP contribution is 2.43. The van der Waals surface area contributed by atoms with E-state index in [9.17, 15) is 0 Å². The summed E-state index contributed by atoms with van der Waals surface area (Å²) in [6.07, 6.45) is 10.5. The van der Waals surface area contributed by atoms with Crippen LogP contribution in [-0.2, 0) is 11.3 Å². The van der Waals surface area contributed by atoms with Crippen LogP contribution in [0.25, 0.3) is 0 Å². The fraction of sp³-hybridized carbons (Fsp3) is 0.739. The van der Waals surface area contributed by atoms with Crippen LogP contribution in [0.15, 0.2) is 23.3 Å². The summed E-state index contributed by atoms with van der Waals surface area (Å²) in [6.45, 7) is 10.8. The summed E-state index contributed by atoms with van der Waals surface area (Å²) in [5, 5.41) is 3.53. The number of ether oxygens (including phenoxy) is 1. The van der Waals surface area contributed by atoms with Gasteiger partial charge in [0.1, 0.15) is 5.82 Å². The Morgan fingerprint density at radius 1 is 1.27 bits per heavy atom. The van der Waals surface area contributed by atoms with Crippen LogP contribution in [0.3, 0.4) is 0 Å². The maximum Gasteiger partial charge on any atom is 0.194 e. The molecule has 0 radical (unpaired) electrons. The van der Waals surface area contributed by atoms with E-state index in [0.29, 0.717) is 12.0 Å². The number of nitrogens with one attached hydrogen (secondary N) is 1. The average molecular weight is 527 g/mol. The summed E-state index contributed by atoms with van der Waals surface area (Å²) in [6, 6.07) is 4.28. The number of aromatic nitrogens is 1. The first-order valence-electron chi connectivity index (χ1n) is 11.5. The molecule has 0 bridgehead atoms. The monoisotopic (exact) mass is 527 g/mol. The Labute approximate surface area is 198 Å². The minimum absolute atomic E-state index is 0. The molecule has 168 valence electrons. The topological polar surface area (TPSA) is 53.0 Å². The number of anilines is 1. The fourth-order valence-electron chi connectivity index (χ4n) is 5.18. The first-order valence-corrected chi connectivity index (χ1v) is 11.5. The second-order valence-electron chi connectivity index (χ2n) is 9.05. The van der Waals surface area contributed by atoms with Crippen molar-refractivity contribution in [2.24, 2.45) is 10.4 Å². The van der Waals surface area contributed by atoms with Crippen LogP contribution >= 0.6 is 24.0 Å².